The molecule has 0 unspecified atom stereocenters. The van der Waals surface area contributed by atoms with Crippen LogP contribution in [0.2, 0.25) is 10.0 Å². The Kier molecular flexibility index (Phi) is 5.73. The van der Waals surface area contributed by atoms with Crippen LogP contribution in [0.5, 0.6) is 0 Å². The maximum atomic E-state index is 12.3. The zero-order chi connectivity index (χ0) is 17.8. The van der Waals surface area contributed by atoms with Crippen molar-refractivity contribution in [2.24, 2.45) is 0 Å². The van der Waals surface area contributed by atoms with E-state index in [1.54, 1.807) is 24.3 Å². The maximum absolute atomic E-state index is 12.3. The molecule has 0 atom stereocenters. The number of benzene rings is 1. The molecule has 2 aromatic rings. The third kappa shape index (κ3) is 4.21. The molecular weight excluding hydrogens is 361 g/mol. The van der Waals surface area contributed by atoms with Crippen LogP contribution in [0.4, 0.5) is 11.5 Å². The molecule has 3 rings (SSSR count). The monoisotopic (exact) mass is 379 g/mol. The van der Waals surface area contributed by atoms with Gasteiger partial charge in [-0.05, 0) is 30.8 Å². The van der Waals surface area contributed by atoms with Crippen LogP contribution in [0.1, 0.15) is 17.4 Å². The van der Waals surface area contributed by atoms with Gasteiger partial charge in [0.15, 0.2) is 11.5 Å². The molecule has 0 spiro atoms. The van der Waals surface area contributed by atoms with Crippen LogP contribution in [-0.2, 0) is 0 Å². The number of hydrogen-bond donors (Lipinski definition) is 1. The van der Waals surface area contributed by atoms with E-state index in [1.165, 1.54) is 0 Å². The molecule has 8 heteroatoms. The molecule has 1 aliphatic heterocycles. The predicted molar refractivity (Wildman–Crippen MR) is 101 cm³/mol. The van der Waals surface area contributed by atoms with Crippen LogP contribution >= 0.6 is 23.2 Å². The number of nitrogens with zero attached hydrogens (tertiary/aromatic N) is 4. The number of para-hydroxylation sites is 1. The van der Waals surface area contributed by atoms with E-state index in [1.807, 2.05) is 6.07 Å². The molecule has 1 aromatic heterocycles. The summed E-state index contributed by atoms with van der Waals surface area (Å²) < 4.78 is 0. The Bertz CT molecular complexity index is 725. The average molecular weight is 380 g/mol. The van der Waals surface area contributed by atoms with Gasteiger partial charge in [-0.1, -0.05) is 36.2 Å². The van der Waals surface area contributed by atoms with E-state index in [2.05, 4.69) is 32.2 Å². The Morgan fingerprint density at radius 3 is 2.32 bits per heavy atom. The largest absolute Gasteiger partial charge is 0.353 e. The topological polar surface area (TPSA) is 61.4 Å². The highest BCUT2D eigenvalue weighted by molar-refractivity contribution is 6.39. The molecule has 1 N–H and O–H groups in total. The summed E-state index contributed by atoms with van der Waals surface area (Å²) in [6.07, 6.45) is 0. The molecule has 1 amide bonds. The summed E-state index contributed by atoms with van der Waals surface area (Å²) in [5, 5.41) is 11.7. The standard InChI is InChI=1S/C17H19Cl2N5O/c1-2-23-8-10-24(11-9-23)15-7-6-14(21-22-15)17(25)20-16-12(18)4-3-5-13(16)19/h3-7H,2,8-11H2,1H3,(H,20,25). The molecule has 1 aliphatic rings. The quantitative estimate of drug-likeness (QED) is 0.883. The second kappa shape index (κ2) is 7.99. The summed E-state index contributed by atoms with van der Waals surface area (Å²) in [5.41, 5.74) is 0.587. The average Bonchev–Trinajstić information content (AvgIpc) is 2.65. The van der Waals surface area contributed by atoms with E-state index < -0.39 is 5.91 Å². The van der Waals surface area contributed by atoms with Gasteiger partial charge < -0.3 is 15.1 Å². The number of aromatic nitrogens is 2. The van der Waals surface area contributed by atoms with Crippen molar-refractivity contribution in [3.05, 3.63) is 46.1 Å². The van der Waals surface area contributed by atoms with Gasteiger partial charge in [0.2, 0.25) is 0 Å². The summed E-state index contributed by atoms with van der Waals surface area (Å²) in [4.78, 5) is 16.9. The van der Waals surface area contributed by atoms with Crippen LogP contribution in [-0.4, -0.2) is 53.7 Å². The van der Waals surface area contributed by atoms with Gasteiger partial charge in [-0.3, -0.25) is 4.79 Å². The first-order valence-corrected chi connectivity index (χ1v) is 8.90. The number of hydrogen-bond acceptors (Lipinski definition) is 5. The van der Waals surface area contributed by atoms with Crippen LogP contribution in [0.3, 0.4) is 0 Å². The van der Waals surface area contributed by atoms with E-state index in [4.69, 9.17) is 23.2 Å². The summed E-state index contributed by atoms with van der Waals surface area (Å²) in [6, 6.07) is 8.51. The zero-order valence-corrected chi connectivity index (χ0v) is 15.4. The maximum Gasteiger partial charge on any atom is 0.276 e. The number of carbonyl (C=O) groups excluding carboxylic acids is 1. The van der Waals surface area contributed by atoms with Gasteiger partial charge >= 0.3 is 0 Å². The molecule has 0 aliphatic carbocycles. The Morgan fingerprint density at radius 2 is 1.76 bits per heavy atom. The Balaban J connectivity index is 1.67. The fraction of sp³-hybridized carbons (Fsp3) is 0.353. The summed E-state index contributed by atoms with van der Waals surface area (Å²) in [5.74, 6) is 0.382. The highest BCUT2D eigenvalue weighted by Gasteiger charge is 2.18. The molecule has 0 bridgehead atoms. The van der Waals surface area contributed by atoms with Crippen LogP contribution < -0.4 is 10.2 Å². The number of likely N-dealkylation sites (N-methyl/N-ethyl adjacent to an activating group) is 1. The number of nitrogens with one attached hydrogen (secondary N) is 1. The van der Waals surface area contributed by atoms with Gasteiger partial charge in [0.1, 0.15) is 0 Å². The molecule has 1 saturated heterocycles. The second-order valence-corrected chi connectivity index (χ2v) is 6.56. The number of amides is 1. The van der Waals surface area contributed by atoms with Crippen molar-refractivity contribution in [2.75, 3.05) is 42.9 Å². The molecule has 132 valence electrons. The van der Waals surface area contributed by atoms with E-state index in [0.717, 1.165) is 38.5 Å². The van der Waals surface area contributed by atoms with Crippen molar-refractivity contribution in [3.63, 3.8) is 0 Å². The van der Waals surface area contributed by atoms with Gasteiger partial charge in [0, 0.05) is 26.2 Å². The number of halogens is 2. The van der Waals surface area contributed by atoms with Crippen molar-refractivity contribution in [2.45, 2.75) is 6.92 Å². The van der Waals surface area contributed by atoms with Crippen LogP contribution in [0, 0.1) is 0 Å². The fourth-order valence-electron chi connectivity index (χ4n) is 2.70. The molecule has 1 fully saturated rings. The Hall–Kier alpha value is -1.89. The molecular formula is C17H19Cl2N5O. The second-order valence-electron chi connectivity index (χ2n) is 5.75. The number of rotatable bonds is 4. The molecule has 2 heterocycles. The number of piperazine rings is 1. The van der Waals surface area contributed by atoms with E-state index in [0.29, 0.717) is 15.7 Å². The molecule has 1 aromatic carbocycles. The predicted octanol–water partition coefficient (Wildman–Crippen LogP) is 3.18. The van der Waals surface area contributed by atoms with Crippen molar-refractivity contribution < 1.29 is 4.79 Å². The first kappa shape index (κ1) is 17.9. The smallest absolute Gasteiger partial charge is 0.276 e. The Labute approximate surface area is 156 Å². The lowest BCUT2D eigenvalue weighted by Gasteiger charge is -2.34. The lowest BCUT2D eigenvalue weighted by atomic mass is 10.3. The molecule has 0 saturated carbocycles. The highest BCUT2D eigenvalue weighted by atomic mass is 35.5. The normalized spacial score (nSPS) is 15.2. The van der Waals surface area contributed by atoms with Crippen molar-refractivity contribution in [1.82, 2.24) is 15.1 Å². The highest BCUT2D eigenvalue weighted by Crippen LogP contribution is 2.30. The van der Waals surface area contributed by atoms with Gasteiger partial charge in [0.25, 0.3) is 5.91 Å². The van der Waals surface area contributed by atoms with Gasteiger partial charge in [-0.15, -0.1) is 10.2 Å². The summed E-state index contributed by atoms with van der Waals surface area (Å²) in [7, 11) is 0. The van der Waals surface area contributed by atoms with Crippen molar-refractivity contribution >= 4 is 40.6 Å². The molecule has 6 nitrogen and oxygen atoms in total. The minimum absolute atomic E-state index is 0.215. The number of anilines is 2. The summed E-state index contributed by atoms with van der Waals surface area (Å²) in [6.45, 7) is 7.04. The zero-order valence-electron chi connectivity index (χ0n) is 13.9. The van der Waals surface area contributed by atoms with E-state index in [-0.39, 0.29) is 5.69 Å². The third-order valence-corrected chi connectivity index (χ3v) is 4.86. The lowest BCUT2D eigenvalue weighted by molar-refractivity contribution is 0.102. The summed E-state index contributed by atoms with van der Waals surface area (Å²) >= 11 is 12.1. The number of carbonyl (C=O) groups is 1. The minimum Gasteiger partial charge on any atom is -0.353 e. The fourth-order valence-corrected chi connectivity index (χ4v) is 3.19. The van der Waals surface area contributed by atoms with Gasteiger partial charge in [-0.25, -0.2) is 0 Å². The minimum atomic E-state index is -0.398. The molecule has 0 radical (unpaired) electrons. The lowest BCUT2D eigenvalue weighted by Crippen LogP contribution is -2.46. The van der Waals surface area contributed by atoms with E-state index in [9.17, 15) is 4.79 Å². The van der Waals surface area contributed by atoms with Gasteiger partial charge in [-0.2, -0.15) is 0 Å². The van der Waals surface area contributed by atoms with E-state index >= 15 is 0 Å². The first-order chi connectivity index (χ1) is 12.1. The van der Waals surface area contributed by atoms with Crippen LogP contribution in [0.25, 0.3) is 0 Å². The van der Waals surface area contributed by atoms with Crippen molar-refractivity contribution in [1.29, 1.82) is 0 Å². The SMILES string of the molecule is CCN1CCN(c2ccc(C(=O)Nc3c(Cl)cccc3Cl)nn2)CC1. The van der Waals surface area contributed by atoms with Crippen molar-refractivity contribution in [3.8, 4) is 0 Å². The molecule has 25 heavy (non-hydrogen) atoms. The van der Waals surface area contributed by atoms with Crippen LogP contribution in [0.15, 0.2) is 30.3 Å². The third-order valence-electron chi connectivity index (χ3n) is 4.23. The van der Waals surface area contributed by atoms with Gasteiger partial charge in [0.05, 0.1) is 15.7 Å². The first-order valence-electron chi connectivity index (χ1n) is 8.15. The Morgan fingerprint density at radius 1 is 1.08 bits per heavy atom.